The predicted octanol–water partition coefficient (Wildman–Crippen LogP) is 4.45. The van der Waals surface area contributed by atoms with Crippen molar-refractivity contribution in [1.82, 2.24) is 24.9 Å². The molecule has 150 valence electrons. The molecule has 4 rings (SSSR count). The van der Waals surface area contributed by atoms with Crippen molar-refractivity contribution in [2.75, 3.05) is 19.1 Å². The summed E-state index contributed by atoms with van der Waals surface area (Å²) in [5, 5.41) is 15.5. The van der Waals surface area contributed by atoms with Gasteiger partial charge in [0, 0.05) is 23.7 Å². The fourth-order valence-electron chi connectivity index (χ4n) is 3.16. The summed E-state index contributed by atoms with van der Waals surface area (Å²) in [4.78, 5) is 4.80. The topological polar surface area (TPSA) is 64.3 Å². The molecule has 0 saturated heterocycles. The third-order valence-electron chi connectivity index (χ3n) is 4.66. The first-order valence-electron chi connectivity index (χ1n) is 9.39. The number of methoxy groups -OCH3 is 1. The third kappa shape index (κ3) is 4.60. The van der Waals surface area contributed by atoms with Gasteiger partial charge in [-0.1, -0.05) is 18.2 Å². The summed E-state index contributed by atoms with van der Waals surface area (Å²) in [5.41, 5.74) is 2.96. The summed E-state index contributed by atoms with van der Waals surface area (Å²) in [6, 6.07) is 14.1. The first-order valence-corrected chi connectivity index (χ1v) is 11.7. The average molecular weight is 426 g/mol. The largest absolute Gasteiger partial charge is 0.497 e. The Morgan fingerprint density at radius 3 is 3.00 bits per heavy atom. The lowest BCUT2D eigenvalue weighted by Crippen LogP contribution is -2.24. The number of rotatable bonds is 9. The standard InChI is InChI=1S/C21H23N5OS2/c1-27-17-7-5-6-15(12-17)21-23-16(14-29-21)13-22-18(9-11-28-2)20-25-24-19-8-3-4-10-26(19)20/h3-8,10,12,14,18,22H,9,11,13H2,1-2H3. The zero-order chi connectivity index (χ0) is 20.1. The van der Waals surface area contributed by atoms with Crippen LogP contribution in [0.15, 0.2) is 54.0 Å². The van der Waals surface area contributed by atoms with Crippen molar-refractivity contribution in [3.05, 3.63) is 65.6 Å². The molecule has 4 aromatic rings. The summed E-state index contributed by atoms with van der Waals surface area (Å²) in [7, 11) is 1.68. The number of fused-ring (bicyclic) bond motifs is 1. The molecule has 1 aromatic carbocycles. The monoisotopic (exact) mass is 425 g/mol. The molecule has 8 heteroatoms. The lowest BCUT2D eigenvalue weighted by Gasteiger charge is -2.16. The highest BCUT2D eigenvalue weighted by molar-refractivity contribution is 7.98. The number of hydrogen-bond donors (Lipinski definition) is 1. The Morgan fingerprint density at radius 2 is 2.14 bits per heavy atom. The van der Waals surface area contributed by atoms with E-state index >= 15 is 0 Å². The number of hydrogen-bond acceptors (Lipinski definition) is 7. The molecule has 1 atom stereocenters. The van der Waals surface area contributed by atoms with Crippen molar-refractivity contribution in [2.24, 2.45) is 0 Å². The van der Waals surface area contributed by atoms with Gasteiger partial charge in [-0.2, -0.15) is 11.8 Å². The summed E-state index contributed by atoms with van der Waals surface area (Å²) in [5.74, 6) is 2.83. The summed E-state index contributed by atoms with van der Waals surface area (Å²) < 4.78 is 7.38. The van der Waals surface area contributed by atoms with Gasteiger partial charge in [-0.05, 0) is 42.7 Å². The van der Waals surface area contributed by atoms with Gasteiger partial charge in [0.15, 0.2) is 11.5 Å². The van der Waals surface area contributed by atoms with Gasteiger partial charge in [-0.3, -0.25) is 4.40 Å². The van der Waals surface area contributed by atoms with E-state index in [0.717, 1.165) is 45.7 Å². The molecule has 0 spiro atoms. The number of thiazole rings is 1. The van der Waals surface area contributed by atoms with Crippen LogP contribution in [0.2, 0.25) is 0 Å². The zero-order valence-corrected chi connectivity index (χ0v) is 18.0. The lowest BCUT2D eigenvalue weighted by molar-refractivity contribution is 0.415. The predicted molar refractivity (Wildman–Crippen MR) is 120 cm³/mol. The fraction of sp³-hybridized carbons (Fsp3) is 0.286. The number of pyridine rings is 1. The van der Waals surface area contributed by atoms with Crippen molar-refractivity contribution in [3.63, 3.8) is 0 Å². The number of aromatic nitrogens is 4. The molecule has 29 heavy (non-hydrogen) atoms. The number of nitrogens with zero attached hydrogens (tertiary/aromatic N) is 4. The van der Waals surface area contributed by atoms with Crippen LogP contribution < -0.4 is 10.1 Å². The fourth-order valence-corrected chi connectivity index (χ4v) is 4.45. The molecule has 0 aliphatic rings. The normalized spacial score (nSPS) is 12.3. The van der Waals surface area contributed by atoms with Gasteiger partial charge < -0.3 is 10.1 Å². The van der Waals surface area contributed by atoms with Gasteiger partial charge in [0.2, 0.25) is 0 Å². The molecule has 0 amide bonds. The Hall–Kier alpha value is -2.42. The lowest BCUT2D eigenvalue weighted by atomic mass is 10.2. The van der Waals surface area contributed by atoms with Gasteiger partial charge in [-0.15, -0.1) is 21.5 Å². The molecule has 1 unspecified atom stereocenters. The second-order valence-corrected chi connectivity index (χ2v) is 8.42. The summed E-state index contributed by atoms with van der Waals surface area (Å²) in [6.45, 7) is 0.682. The summed E-state index contributed by atoms with van der Waals surface area (Å²) in [6.07, 6.45) is 5.12. The quantitative estimate of drug-likeness (QED) is 0.428. The second-order valence-electron chi connectivity index (χ2n) is 6.58. The van der Waals surface area contributed by atoms with Crippen molar-refractivity contribution in [1.29, 1.82) is 0 Å². The van der Waals surface area contributed by atoms with E-state index in [9.17, 15) is 0 Å². The van der Waals surface area contributed by atoms with Crippen molar-refractivity contribution in [2.45, 2.75) is 19.0 Å². The molecule has 1 N–H and O–H groups in total. The van der Waals surface area contributed by atoms with E-state index in [-0.39, 0.29) is 6.04 Å². The van der Waals surface area contributed by atoms with Crippen LogP contribution in [0.4, 0.5) is 0 Å². The highest BCUT2D eigenvalue weighted by Gasteiger charge is 2.18. The molecular weight excluding hydrogens is 402 g/mol. The molecule has 3 aromatic heterocycles. The number of ether oxygens (including phenoxy) is 1. The Morgan fingerprint density at radius 1 is 1.21 bits per heavy atom. The van der Waals surface area contributed by atoms with Crippen LogP contribution in [0.3, 0.4) is 0 Å². The van der Waals surface area contributed by atoms with E-state index < -0.39 is 0 Å². The van der Waals surface area contributed by atoms with Crippen LogP contribution in [0.5, 0.6) is 5.75 Å². The van der Waals surface area contributed by atoms with Crippen molar-refractivity contribution in [3.8, 4) is 16.3 Å². The minimum absolute atomic E-state index is 0.113. The van der Waals surface area contributed by atoms with Crippen LogP contribution in [0.25, 0.3) is 16.2 Å². The Balaban J connectivity index is 1.50. The van der Waals surface area contributed by atoms with Crippen LogP contribution >= 0.6 is 23.1 Å². The smallest absolute Gasteiger partial charge is 0.160 e. The number of thioether (sulfide) groups is 1. The van der Waals surface area contributed by atoms with E-state index in [1.807, 2.05) is 54.4 Å². The van der Waals surface area contributed by atoms with E-state index in [1.165, 1.54) is 0 Å². The molecule has 0 fully saturated rings. The highest BCUT2D eigenvalue weighted by Crippen LogP contribution is 2.27. The van der Waals surface area contributed by atoms with E-state index in [0.29, 0.717) is 6.54 Å². The van der Waals surface area contributed by atoms with Crippen LogP contribution in [-0.4, -0.2) is 38.7 Å². The van der Waals surface area contributed by atoms with Crippen LogP contribution in [0.1, 0.15) is 24.0 Å². The van der Waals surface area contributed by atoms with Gasteiger partial charge in [-0.25, -0.2) is 4.98 Å². The molecule has 0 saturated carbocycles. The van der Waals surface area contributed by atoms with Crippen LogP contribution in [0, 0.1) is 0 Å². The van der Waals surface area contributed by atoms with E-state index in [2.05, 4.69) is 37.6 Å². The average Bonchev–Trinajstić information content (AvgIpc) is 3.41. The van der Waals surface area contributed by atoms with Crippen LogP contribution in [-0.2, 0) is 6.54 Å². The molecular formula is C21H23N5OS2. The molecule has 0 aliphatic carbocycles. The maximum Gasteiger partial charge on any atom is 0.160 e. The van der Waals surface area contributed by atoms with E-state index in [1.54, 1.807) is 18.4 Å². The molecule has 0 radical (unpaired) electrons. The Bertz CT molecular complexity index is 1080. The van der Waals surface area contributed by atoms with Gasteiger partial charge in [0.1, 0.15) is 10.8 Å². The van der Waals surface area contributed by atoms with Crippen molar-refractivity contribution < 1.29 is 4.74 Å². The summed E-state index contributed by atoms with van der Waals surface area (Å²) >= 11 is 3.48. The second kappa shape index (κ2) is 9.39. The SMILES string of the molecule is COc1cccc(-c2nc(CNC(CCSC)c3nnc4ccccn34)cs2)c1. The minimum Gasteiger partial charge on any atom is -0.497 e. The highest BCUT2D eigenvalue weighted by atomic mass is 32.2. The first-order chi connectivity index (χ1) is 14.3. The zero-order valence-electron chi connectivity index (χ0n) is 16.4. The minimum atomic E-state index is 0.113. The van der Waals surface area contributed by atoms with Gasteiger partial charge >= 0.3 is 0 Å². The van der Waals surface area contributed by atoms with E-state index in [4.69, 9.17) is 9.72 Å². The Labute approximate surface area is 178 Å². The first kappa shape index (κ1) is 19.9. The maximum atomic E-state index is 5.32. The molecule has 0 bridgehead atoms. The Kier molecular flexibility index (Phi) is 6.43. The third-order valence-corrected chi connectivity index (χ3v) is 6.24. The number of benzene rings is 1. The maximum absolute atomic E-state index is 5.32. The molecule has 0 aliphatic heterocycles. The molecule has 3 heterocycles. The number of nitrogens with one attached hydrogen (secondary N) is 1. The molecule has 6 nitrogen and oxygen atoms in total. The van der Waals surface area contributed by atoms with Gasteiger partial charge in [0.05, 0.1) is 18.8 Å². The van der Waals surface area contributed by atoms with Crippen molar-refractivity contribution >= 4 is 28.7 Å². The van der Waals surface area contributed by atoms with Gasteiger partial charge in [0.25, 0.3) is 0 Å².